The highest BCUT2D eigenvalue weighted by molar-refractivity contribution is 5.70. The Labute approximate surface area is 121 Å². The number of esters is 1. The van der Waals surface area contributed by atoms with E-state index in [0.29, 0.717) is 13.0 Å². The average Bonchev–Trinajstić information content (AvgIpc) is 2.36. The summed E-state index contributed by atoms with van der Waals surface area (Å²) in [6.07, 6.45) is 0.358. The van der Waals surface area contributed by atoms with Gasteiger partial charge < -0.3 is 14.8 Å². The number of methoxy groups -OCH3 is 1. The van der Waals surface area contributed by atoms with Gasteiger partial charge in [0.05, 0.1) is 13.5 Å². The Morgan fingerprint density at radius 1 is 1.30 bits per heavy atom. The zero-order valence-corrected chi connectivity index (χ0v) is 13.0. The molecule has 0 bridgehead atoms. The predicted molar refractivity (Wildman–Crippen MR) is 79.9 cm³/mol. The smallest absolute Gasteiger partial charge is 0.307 e. The van der Waals surface area contributed by atoms with E-state index in [1.807, 2.05) is 52.0 Å². The maximum atomic E-state index is 11.6. The molecule has 0 aromatic heterocycles. The molecule has 4 nitrogen and oxygen atoms in total. The Bertz CT molecular complexity index is 438. The third kappa shape index (κ3) is 5.61. The van der Waals surface area contributed by atoms with Gasteiger partial charge in [-0.3, -0.25) is 4.79 Å². The molecular formula is C16H25NO3. The van der Waals surface area contributed by atoms with Crippen LogP contribution >= 0.6 is 0 Å². The molecule has 0 radical (unpaired) electrons. The Balaban J connectivity index is 2.44. The van der Waals surface area contributed by atoms with Crippen molar-refractivity contribution in [2.75, 3.05) is 13.7 Å². The van der Waals surface area contributed by atoms with Gasteiger partial charge >= 0.3 is 5.97 Å². The molecule has 1 N–H and O–H groups in total. The lowest BCUT2D eigenvalue weighted by Gasteiger charge is -2.20. The topological polar surface area (TPSA) is 47.6 Å². The lowest BCUT2D eigenvalue weighted by atomic mass is 10.1. The SMILES string of the molecule is COc1ccccc1[C@@H](C)NCCC(=O)OC(C)(C)C. The molecule has 0 heterocycles. The van der Waals surface area contributed by atoms with Crippen molar-refractivity contribution in [2.24, 2.45) is 0 Å². The van der Waals surface area contributed by atoms with Crippen LogP contribution in [0.1, 0.15) is 45.7 Å². The summed E-state index contributed by atoms with van der Waals surface area (Å²) in [4.78, 5) is 11.6. The first-order chi connectivity index (χ1) is 9.33. The number of carbonyl (C=O) groups is 1. The van der Waals surface area contributed by atoms with Gasteiger partial charge in [-0.05, 0) is 33.8 Å². The van der Waals surface area contributed by atoms with Crippen LogP contribution in [0.15, 0.2) is 24.3 Å². The molecule has 112 valence electrons. The monoisotopic (exact) mass is 279 g/mol. The second-order valence-electron chi connectivity index (χ2n) is 5.75. The van der Waals surface area contributed by atoms with Gasteiger partial charge in [-0.1, -0.05) is 18.2 Å². The van der Waals surface area contributed by atoms with Gasteiger partial charge in [-0.25, -0.2) is 0 Å². The number of nitrogens with one attached hydrogen (secondary N) is 1. The first-order valence-electron chi connectivity index (χ1n) is 6.91. The molecule has 0 saturated carbocycles. The van der Waals surface area contributed by atoms with E-state index in [4.69, 9.17) is 9.47 Å². The van der Waals surface area contributed by atoms with Crippen molar-refractivity contribution in [1.29, 1.82) is 0 Å². The third-order valence-corrected chi connectivity index (χ3v) is 2.81. The predicted octanol–water partition coefficient (Wildman–Crippen LogP) is 3.08. The standard InChI is InChI=1S/C16H25NO3/c1-12(13-8-6-7-9-14(13)19-5)17-11-10-15(18)20-16(2,3)4/h6-9,12,17H,10-11H2,1-5H3/t12-/m1/s1. The van der Waals surface area contributed by atoms with Crippen LogP contribution in [0.4, 0.5) is 0 Å². The summed E-state index contributed by atoms with van der Waals surface area (Å²) in [6, 6.07) is 7.99. The Hall–Kier alpha value is -1.55. The maximum absolute atomic E-state index is 11.6. The van der Waals surface area contributed by atoms with Crippen molar-refractivity contribution >= 4 is 5.97 Å². The van der Waals surface area contributed by atoms with Gasteiger partial charge in [0.15, 0.2) is 0 Å². The van der Waals surface area contributed by atoms with E-state index in [9.17, 15) is 4.79 Å². The molecule has 0 aliphatic heterocycles. The summed E-state index contributed by atoms with van der Waals surface area (Å²) in [7, 11) is 1.66. The Morgan fingerprint density at radius 2 is 1.95 bits per heavy atom. The molecule has 1 atom stereocenters. The molecule has 1 aromatic rings. The molecule has 4 heteroatoms. The normalized spacial score (nSPS) is 12.8. The van der Waals surface area contributed by atoms with E-state index in [1.165, 1.54) is 0 Å². The highest BCUT2D eigenvalue weighted by Crippen LogP contribution is 2.24. The number of ether oxygens (including phenoxy) is 2. The molecule has 0 aliphatic rings. The van der Waals surface area contributed by atoms with Crippen LogP contribution in [0.5, 0.6) is 5.75 Å². The van der Waals surface area contributed by atoms with Crippen LogP contribution in [0.25, 0.3) is 0 Å². The van der Waals surface area contributed by atoms with Crippen LogP contribution in [-0.2, 0) is 9.53 Å². The second-order valence-corrected chi connectivity index (χ2v) is 5.75. The Morgan fingerprint density at radius 3 is 2.55 bits per heavy atom. The van der Waals surface area contributed by atoms with Gasteiger partial charge in [0, 0.05) is 18.2 Å². The average molecular weight is 279 g/mol. The number of benzene rings is 1. The summed E-state index contributed by atoms with van der Waals surface area (Å²) in [5.74, 6) is 0.669. The van der Waals surface area contributed by atoms with Crippen LogP contribution < -0.4 is 10.1 Å². The molecule has 0 fully saturated rings. The zero-order valence-electron chi connectivity index (χ0n) is 13.0. The van der Waals surface area contributed by atoms with Crippen LogP contribution in [0.2, 0.25) is 0 Å². The van der Waals surface area contributed by atoms with E-state index >= 15 is 0 Å². The second kappa shape index (κ2) is 7.29. The molecule has 0 amide bonds. The highest BCUT2D eigenvalue weighted by atomic mass is 16.6. The molecule has 0 aliphatic carbocycles. The first kappa shape index (κ1) is 16.5. The largest absolute Gasteiger partial charge is 0.496 e. The summed E-state index contributed by atoms with van der Waals surface area (Å²) in [5, 5.41) is 3.31. The van der Waals surface area contributed by atoms with Crippen LogP contribution in [0.3, 0.4) is 0 Å². The lowest BCUT2D eigenvalue weighted by molar-refractivity contribution is -0.154. The molecule has 20 heavy (non-hydrogen) atoms. The van der Waals surface area contributed by atoms with E-state index in [2.05, 4.69) is 5.32 Å². The highest BCUT2D eigenvalue weighted by Gasteiger charge is 2.16. The van der Waals surface area contributed by atoms with Gasteiger partial charge in [-0.2, -0.15) is 0 Å². The van der Waals surface area contributed by atoms with E-state index in [1.54, 1.807) is 7.11 Å². The van der Waals surface area contributed by atoms with Crippen molar-refractivity contribution in [3.05, 3.63) is 29.8 Å². The minimum Gasteiger partial charge on any atom is -0.496 e. The molecule has 0 spiro atoms. The van der Waals surface area contributed by atoms with Gasteiger partial charge in [0.25, 0.3) is 0 Å². The fourth-order valence-corrected chi connectivity index (χ4v) is 1.92. The third-order valence-electron chi connectivity index (χ3n) is 2.81. The van der Waals surface area contributed by atoms with Crippen LogP contribution in [-0.4, -0.2) is 25.2 Å². The fourth-order valence-electron chi connectivity index (χ4n) is 1.92. The van der Waals surface area contributed by atoms with Crippen molar-refractivity contribution in [3.8, 4) is 5.75 Å². The molecule has 1 aromatic carbocycles. The minimum absolute atomic E-state index is 0.119. The van der Waals surface area contributed by atoms with Crippen molar-refractivity contribution in [2.45, 2.75) is 45.8 Å². The van der Waals surface area contributed by atoms with Gasteiger partial charge in [-0.15, -0.1) is 0 Å². The summed E-state index contributed by atoms with van der Waals surface area (Å²) in [6.45, 7) is 8.24. The van der Waals surface area contributed by atoms with Gasteiger partial charge in [0.1, 0.15) is 11.4 Å². The molecule has 1 rings (SSSR count). The fraction of sp³-hybridized carbons (Fsp3) is 0.562. The Kier molecular flexibility index (Phi) is 6.02. The number of para-hydroxylation sites is 1. The lowest BCUT2D eigenvalue weighted by Crippen LogP contribution is -2.27. The van der Waals surface area contributed by atoms with Gasteiger partial charge in [0.2, 0.25) is 0 Å². The van der Waals surface area contributed by atoms with Crippen molar-refractivity contribution in [1.82, 2.24) is 5.32 Å². The summed E-state index contributed by atoms with van der Waals surface area (Å²) in [5.41, 5.74) is 0.657. The first-order valence-corrected chi connectivity index (χ1v) is 6.91. The number of hydrogen-bond donors (Lipinski definition) is 1. The maximum Gasteiger partial charge on any atom is 0.307 e. The number of rotatable bonds is 6. The number of hydrogen-bond acceptors (Lipinski definition) is 4. The number of carbonyl (C=O) groups excluding carboxylic acids is 1. The molecular weight excluding hydrogens is 254 g/mol. The van der Waals surface area contributed by atoms with E-state index < -0.39 is 5.60 Å². The minimum atomic E-state index is -0.425. The van der Waals surface area contributed by atoms with E-state index in [-0.39, 0.29) is 12.0 Å². The van der Waals surface area contributed by atoms with Crippen molar-refractivity contribution < 1.29 is 14.3 Å². The molecule has 0 unspecified atom stereocenters. The zero-order chi connectivity index (χ0) is 15.2. The van der Waals surface area contributed by atoms with Crippen LogP contribution in [0, 0.1) is 0 Å². The van der Waals surface area contributed by atoms with Crippen molar-refractivity contribution in [3.63, 3.8) is 0 Å². The van der Waals surface area contributed by atoms with E-state index in [0.717, 1.165) is 11.3 Å². The summed E-state index contributed by atoms with van der Waals surface area (Å²) >= 11 is 0. The molecule has 0 saturated heterocycles. The summed E-state index contributed by atoms with van der Waals surface area (Å²) < 4.78 is 10.6. The quantitative estimate of drug-likeness (QED) is 0.813.